The number of methoxy groups -OCH3 is 1. The standard InChI is InChI=1S/C38H40ClN3O8/c1-20-14-23-15-25-27(17-40)42-26(33(41(25)3)31(23)34(45)35(20)46-4)16-24-32(28(42)18-47-29(43)11-10-22-8-6-5-7-9-22)38-37(48-19-49-38)21(2)36(24)50-30(44)12-13-39/h5-9,14,25-28,33,45H,10-13,15-16,18-19H2,1-4H3/t25-,26?,27-,28-,33-/m0/s1. The van der Waals surface area contributed by atoms with Gasteiger partial charge in [-0.3, -0.25) is 19.4 Å². The maximum absolute atomic E-state index is 13.3. The summed E-state index contributed by atoms with van der Waals surface area (Å²) in [4.78, 5) is 30.6. The number of aromatic hydroxyl groups is 1. The molecule has 0 spiro atoms. The number of phenols is 1. The van der Waals surface area contributed by atoms with Crippen molar-refractivity contribution >= 4 is 23.5 Å². The highest BCUT2D eigenvalue weighted by molar-refractivity contribution is 6.18. The number of benzene rings is 3. The van der Waals surface area contributed by atoms with E-state index in [2.05, 4.69) is 15.9 Å². The smallest absolute Gasteiger partial charge is 0.312 e. The molecule has 262 valence electrons. The molecule has 1 fully saturated rings. The highest BCUT2D eigenvalue weighted by atomic mass is 35.5. The van der Waals surface area contributed by atoms with Gasteiger partial charge in [-0.25, -0.2) is 0 Å². The Morgan fingerprint density at radius 3 is 2.52 bits per heavy atom. The summed E-state index contributed by atoms with van der Waals surface area (Å²) in [5, 5.41) is 22.6. The van der Waals surface area contributed by atoms with Crippen LogP contribution in [0.3, 0.4) is 0 Å². The summed E-state index contributed by atoms with van der Waals surface area (Å²) in [6.45, 7) is 3.60. The fourth-order valence-corrected chi connectivity index (χ4v) is 8.66. The Kier molecular flexibility index (Phi) is 9.28. The summed E-state index contributed by atoms with van der Waals surface area (Å²) in [7, 11) is 3.51. The van der Waals surface area contributed by atoms with E-state index in [-0.39, 0.29) is 55.9 Å². The van der Waals surface area contributed by atoms with Crippen molar-refractivity contribution in [2.45, 2.75) is 76.2 Å². The van der Waals surface area contributed by atoms with Crippen LogP contribution in [-0.4, -0.2) is 78.4 Å². The molecule has 0 saturated carbocycles. The van der Waals surface area contributed by atoms with Gasteiger partial charge >= 0.3 is 11.9 Å². The van der Waals surface area contributed by atoms with Crippen LogP contribution in [0.25, 0.3) is 0 Å². The molecule has 3 aromatic carbocycles. The van der Waals surface area contributed by atoms with Gasteiger partial charge in [0.25, 0.3) is 0 Å². The van der Waals surface area contributed by atoms with E-state index in [1.165, 1.54) is 7.11 Å². The fourth-order valence-electron chi connectivity index (χ4n) is 8.51. The first-order valence-corrected chi connectivity index (χ1v) is 17.4. The van der Waals surface area contributed by atoms with Crippen LogP contribution >= 0.6 is 11.6 Å². The average Bonchev–Trinajstić information content (AvgIpc) is 3.59. The summed E-state index contributed by atoms with van der Waals surface area (Å²) in [5.41, 5.74) is 5.50. The average molecular weight is 702 g/mol. The monoisotopic (exact) mass is 701 g/mol. The Hall–Kier alpha value is -4.50. The van der Waals surface area contributed by atoms with Gasteiger partial charge in [0.15, 0.2) is 23.0 Å². The van der Waals surface area contributed by atoms with Gasteiger partial charge in [-0.2, -0.15) is 5.26 Å². The largest absolute Gasteiger partial charge is 0.504 e. The number of alkyl halides is 1. The summed E-state index contributed by atoms with van der Waals surface area (Å²) in [6, 6.07) is 12.0. The first-order valence-electron chi connectivity index (χ1n) is 16.9. The molecule has 12 heteroatoms. The molecule has 0 aromatic heterocycles. The number of halogens is 1. The fraction of sp³-hybridized carbons (Fsp3) is 0.447. The lowest BCUT2D eigenvalue weighted by Gasteiger charge is -2.59. The van der Waals surface area contributed by atoms with Gasteiger partial charge < -0.3 is 28.8 Å². The van der Waals surface area contributed by atoms with Gasteiger partial charge in [0, 0.05) is 46.6 Å². The second-order valence-electron chi connectivity index (χ2n) is 13.3. The number of phenolic OH excluding ortho intramolecular Hbond substituents is 1. The van der Waals surface area contributed by atoms with Crippen molar-refractivity contribution in [2.75, 3.05) is 33.4 Å². The first-order chi connectivity index (χ1) is 24.2. The maximum Gasteiger partial charge on any atom is 0.312 e. The van der Waals surface area contributed by atoms with Crippen LogP contribution in [0.5, 0.6) is 28.7 Å². The Morgan fingerprint density at radius 1 is 1.04 bits per heavy atom. The van der Waals surface area contributed by atoms with Crippen LogP contribution in [0.4, 0.5) is 0 Å². The SMILES string of the molecule is COc1c(C)cc2c(c1O)[C@@H]1C3Cc4c(OC(=O)CCCl)c(C)c5c(c4[C@H](COC(=O)CCc4ccccc4)N3[C@@H](C#N)[C@H](C2)N1C)OCO5. The van der Waals surface area contributed by atoms with Crippen LogP contribution in [0.1, 0.15) is 63.9 Å². The van der Waals surface area contributed by atoms with E-state index in [1.54, 1.807) is 0 Å². The predicted molar refractivity (Wildman–Crippen MR) is 183 cm³/mol. The first kappa shape index (κ1) is 34.0. The molecule has 0 radical (unpaired) electrons. The van der Waals surface area contributed by atoms with Crippen LogP contribution in [0.15, 0.2) is 36.4 Å². The Labute approximate surface area is 296 Å². The highest BCUT2D eigenvalue weighted by Crippen LogP contribution is 2.58. The van der Waals surface area contributed by atoms with Crippen LogP contribution in [0.2, 0.25) is 0 Å². The van der Waals surface area contributed by atoms with E-state index >= 15 is 0 Å². The number of ether oxygens (including phenoxy) is 5. The number of nitriles is 1. The topological polar surface area (TPSA) is 131 Å². The number of piperazine rings is 1. The second kappa shape index (κ2) is 13.7. The van der Waals surface area contributed by atoms with E-state index in [0.717, 1.165) is 22.3 Å². The molecule has 1 N–H and O–H groups in total. The molecule has 50 heavy (non-hydrogen) atoms. The van der Waals surface area contributed by atoms with Crippen molar-refractivity contribution in [3.63, 3.8) is 0 Å². The van der Waals surface area contributed by atoms with Crippen molar-refractivity contribution in [3.05, 3.63) is 75.3 Å². The molecule has 4 heterocycles. The molecule has 0 aliphatic carbocycles. The van der Waals surface area contributed by atoms with Crippen molar-refractivity contribution in [1.29, 1.82) is 5.26 Å². The molecule has 0 amide bonds. The number of fused-ring (bicyclic) bond motifs is 9. The molecule has 11 nitrogen and oxygen atoms in total. The third-order valence-corrected chi connectivity index (χ3v) is 10.8. The summed E-state index contributed by atoms with van der Waals surface area (Å²) in [6.07, 6.45) is 1.56. The van der Waals surface area contributed by atoms with Gasteiger partial charge in [-0.05, 0) is 56.8 Å². The summed E-state index contributed by atoms with van der Waals surface area (Å²) >= 11 is 5.92. The number of rotatable bonds is 9. The summed E-state index contributed by atoms with van der Waals surface area (Å²) in [5.74, 6) is 0.975. The third kappa shape index (κ3) is 5.60. The molecule has 4 aliphatic heterocycles. The lowest BCUT2D eigenvalue weighted by atomic mass is 9.71. The molecule has 5 atom stereocenters. The van der Waals surface area contributed by atoms with Gasteiger partial charge in [0.05, 0.1) is 31.7 Å². The zero-order valence-corrected chi connectivity index (χ0v) is 29.3. The number of carbonyl (C=O) groups is 2. The Morgan fingerprint density at radius 2 is 1.80 bits per heavy atom. The van der Waals surface area contributed by atoms with Crippen molar-refractivity contribution in [1.82, 2.24) is 9.80 Å². The third-order valence-electron chi connectivity index (χ3n) is 10.6. The molecule has 4 aliphatic rings. The zero-order chi connectivity index (χ0) is 35.3. The number of hydrogen-bond acceptors (Lipinski definition) is 11. The Bertz CT molecular complexity index is 1880. The van der Waals surface area contributed by atoms with E-state index in [0.29, 0.717) is 59.0 Å². The number of esters is 2. The molecule has 3 aromatic rings. The summed E-state index contributed by atoms with van der Waals surface area (Å²) < 4.78 is 29.8. The Balaban J connectivity index is 1.37. The minimum Gasteiger partial charge on any atom is -0.504 e. The number of nitrogens with zero attached hydrogens (tertiary/aromatic N) is 3. The number of aryl methyl sites for hydroxylation is 2. The molecule has 2 bridgehead atoms. The minimum atomic E-state index is -0.662. The molecule has 7 rings (SSSR count). The number of hydrogen-bond donors (Lipinski definition) is 1. The van der Waals surface area contributed by atoms with Gasteiger partial charge in [0.2, 0.25) is 6.79 Å². The van der Waals surface area contributed by atoms with Crippen LogP contribution < -0.4 is 18.9 Å². The van der Waals surface area contributed by atoms with Crippen molar-refractivity contribution < 1.29 is 38.4 Å². The normalized spacial score (nSPS) is 23.2. The zero-order valence-electron chi connectivity index (χ0n) is 28.5. The van der Waals surface area contributed by atoms with Crippen molar-refractivity contribution in [2.24, 2.45) is 0 Å². The number of likely N-dealkylation sites (N-methyl/N-ethyl adjacent to an activating group) is 1. The van der Waals surface area contributed by atoms with Gasteiger partial charge in [-0.1, -0.05) is 36.4 Å². The minimum absolute atomic E-state index is 0.00611. The highest BCUT2D eigenvalue weighted by Gasteiger charge is 2.57. The van der Waals surface area contributed by atoms with Gasteiger partial charge in [-0.15, -0.1) is 11.6 Å². The van der Waals surface area contributed by atoms with Crippen LogP contribution in [-0.2, 0) is 33.6 Å². The lowest BCUT2D eigenvalue weighted by molar-refractivity contribution is -0.149. The van der Waals surface area contributed by atoms with E-state index in [9.17, 15) is 20.0 Å². The van der Waals surface area contributed by atoms with Gasteiger partial charge in [0.1, 0.15) is 18.4 Å². The molecule has 1 saturated heterocycles. The van der Waals surface area contributed by atoms with Crippen molar-refractivity contribution in [3.8, 4) is 34.8 Å². The second-order valence-corrected chi connectivity index (χ2v) is 13.7. The van der Waals surface area contributed by atoms with E-state index < -0.39 is 24.1 Å². The quantitative estimate of drug-likeness (QED) is 0.179. The van der Waals surface area contributed by atoms with E-state index in [1.807, 2.05) is 57.3 Å². The maximum atomic E-state index is 13.3. The molecular formula is C38H40ClN3O8. The number of carbonyl (C=O) groups excluding carboxylic acids is 2. The van der Waals surface area contributed by atoms with E-state index in [4.69, 9.17) is 35.3 Å². The predicted octanol–water partition coefficient (Wildman–Crippen LogP) is 5.23. The molecular weight excluding hydrogens is 662 g/mol. The van der Waals surface area contributed by atoms with Crippen LogP contribution in [0, 0.1) is 25.2 Å². The lowest BCUT2D eigenvalue weighted by Crippen LogP contribution is -2.68. The molecule has 1 unspecified atom stereocenters.